The number of nitrogens with zero attached hydrogens (tertiary/aromatic N) is 2. The summed E-state index contributed by atoms with van der Waals surface area (Å²) in [6.07, 6.45) is 2.78. The predicted octanol–water partition coefficient (Wildman–Crippen LogP) is 1.80. The first kappa shape index (κ1) is 18.2. The van der Waals surface area contributed by atoms with E-state index in [9.17, 15) is 0 Å². The normalized spacial score (nSPS) is 11.4. The molecule has 0 aliphatic rings. The van der Waals surface area contributed by atoms with Gasteiger partial charge < -0.3 is 20.1 Å². The van der Waals surface area contributed by atoms with E-state index in [2.05, 4.69) is 20.6 Å². The fourth-order valence-electron chi connectivity index (χ4n) is 2.16. The van der Waals surface area contributed by atoms with E-state index in [0.717, 1.165) is 54.7 Å². The van der Waals surface area contributed by atoms with Crippen molar-refractivity contribution in [3.05, 3.63) is 23.0 Å². The Bertz CT molecular complexity index is 489. The number of guanidine groups is 1. The molecule has 2 N–H and O–H groups in total. The van der Waals surface area contributed by atoms with Crippen LogP contribution < -0.4 is 15.4 Å². The van der Waals surface area contributed by atoms with Crippen molar-refractivity contribution >= 4 is 5.96 Å². The molecule has 0 spiro atoms. The number of nitrogens with one attached hydrogen (secondary N) is 2. The Kier molecular flexibility index (Phi) is 8.28. The molecule has 1 rings (SSSR count). The maximum atomic E-state index is 5.42. The summed E-state index contributed by atoms with van der Waals surface area (Å²) in [6.45, 7) is 8.96. The van der Waals surface area contributed by atoms with E-state index in [4.69, 9.17) is 9.47 Å². The molecule has 1 heterocycles. The second-order valence-corrected chi connectivity index (χ2v) is 4.95. The van der Waals surface area contributed by atoms with Gasteiger partial charge >= 0.3 is 0 Å². The molecule has 0 atom stereocenters. The van der Waals surface area contributed by atoms with Crippen molar-refractivity contribution in [2.45, 2.75) is 33.7 Å². The number of aromatic nitrogens is 1. The lowest BCUT2D eigenvalue weighted by Gasteiger charge is -2.15. The van der Waals surface area contributed by atoms with E-state index in [1.807, 2.05) is 27.0 Å². The first-order valence-electron chi connectivity index (χ1n) is 7.65. The summed E-state index contributed by atoms with van der Waals surface area (Å²) in [5.41, 5.74) is 3.06. The van der Waals surface area contributed by atoms with Gasteiger partial charge in [0.2, 0.25) is 0 Å². The van der Waals surface area contributed by atoms with E-state index in [1.165, 1.54) is 0 Å². The minimum absolute atomic E-state index is 0.605. The number of rotatable bonds is 8. The van der Waals surface area contributed by atoms with Gasteiger partial charge in [-0.25, -0.2) is 0 Å². The molecule has 124 valence electrons. The second kappa shape index (κ2) is 10.00. The molecule has 0 aliphatic carbocycles. The predicted molar refractivity (Wildman–Crippen MR) is 89.6 cm³/mol. The summed E-state index contributed by atoms with van der Waals surface area (Å²) in [6, 6.07) is 0. The van der Waals surface area contributed by atoms with Crippen molar-refractivity contribution in [1.82, 2.24) is 15.6 Å². The summed E-state index contributed by atoms with van der Waals surface area (Å²) in [4.78, 5) is 8.67. The van der Waals surface area contributed by atoms with E-state index in [0.29, 0.717) is 6.54 Å². The first-order valence-corrected chi connectivity index (χ1v) is 7.65. The quantitative estimate of drug-likeness (QED) is 0.435. The van der Waals surface area contributed by atoms with Gasteiger partial charge in [0.15, 0.2) is 5.96 Å². The molecule has 0 radical (unpaired) electrons. The maximum Gasteiger partial charge on any atom is 0.191 e. The van der Waals surface area contributed by atoms with E-state index >= 15 is 0 Å². The average molecular weight is 308 g/mol. The highest BCUT2D eigenvalue weighted by atomic mass is 16.5. The summed E-state index contributed by atoms with van der Waals surface area (Å²) in [5.74, 6) is 1.66. The number of hydrogen-bond acceptors (Lipinski definition) is 4. The van der Waals surface area contributed by atoms with Crippen LogP contribution in [0.5, 0.6) is 5.75 Å². The molecule has 0 aliphatic heterocycles. The highest BCUT2D eigenvalue weighted by molar-refractivity contribution is 5.79. The zero-order valence-corrected chi connectivity index (χ0v) is 14.3. The Hall–Kier alpha value is -1.82. The van der Waals surface area contributed by atoms with Crippen molar-refractivity contribution in [1.29, 1.82) is 0 Å². The molecule has 0 bridgehead atoms. The van der Waals surface area contributed by atoms with Gasteiger partial charge in [-0.1, -0.05) is 0 Å². The van der Waals surface area contributed by atoms with Gasteiger partial charge in [-0.05, 0) is 27.2 Å². The third kappa shape index (κ3) is 5.52. The average Bonchev–Trinajstić information content (AvgIpc) is 2.52. The lowest BCUT2D eigenvalue weighted by molar-refractivity contribution is 0.145. The molecule has 0 fully saturated rings. The zero-order valence-electron chi connectivity index (χ0n) is 14.3. The van der Waals surface area contributed by atoms with Crippen LogP contribution >= 0.6 is 0 Å². The lowest BCUT2D eigenvalue weighted by atomic mass is 10.1. The Morgan fingerprint density at radius 2 is 2.09 bits per heavy atom. The summed E-state index contributed by atoms with van der Waals surface area (Å²) in [7, 11) is 3.44. The summed E-state index contributed by atoms with van der Waals surface area (Å²) in [5, 5.41) is 6.53. The van der Waals surface area contributed by atoms with Crippen LogP contribution in [0, 0.1) is 13.8 Å². The van der Waals surface area contributed by atoms with Crippen LogP contribution in [0.15, 0.2) is 11.2 Å². The number of aliphatic imine (C=N–C) groups is 1. The van der Waals surface area contributed by atoms with Crippen LogP contribution in [0.4, 0.5) is 0 Å². The van der Waals surface area contributed by atoms with Crippen LogP contribution in [-0.4, -0.2) is 44.9 Å². The highest BCUT2D eigenvalue weighted by Gasteiger charge is 2.09. The van der Waals surface area contributed by atoms with E-state index < -0.39 is 0 Å². The standard InChI is InChI=1S/C16H28N4O2/c1-6-22-9-7-8-18-16(17-4)20-11-14-13(3)15(21-5)12(2)10-19-14/h10H,6-9,11H2,1-5H3,(H2,17,18,20). The Morgan fingerprint density at radius 1 is 1.32 bits per heavy atom. The monoisotopic (exact) mass is 308 g/mol. The van der Waals surface area contributed by atoms with Crippen molar-refractivity contribution in [2.24, 2.45) is 4.99 Å². The SMILES string of the molecule is CCOCCCNC(=NC)NCc1ncc(C)c(OC)c1C. The van der Waals surface area contributed by atoms with Gasteiger partial charge in [0.25, 0.3) is 0 Å². The fourth-order valence-corrected chi connectivity index (χ4v) is 2.16. The maximum absolute atomic E-state index is 5.42. The molecule has 6 nitrogen and oxygen atoms in total. The second-order valence-electron chi connectivity index (χ2n) is 4.95. The number of hydrogen-bond donors (Lipinski definition) is 2. The molecule has 0 amide bonds. The molecule has 0 unspecified atom stereocenters. The smallest absolute Gasteiger partial charge is 0.191 e. The Labute approximate surface area is 133 Å². The van der Waals surface area contributed by atoms with Gasteiger partial charge in [-0.15, -0.1) is 0 Å². The largest absolute Gasteiger partial charge is 0.496 e. The molecule has 22 heavy (non-hydrogen) atoms. The molecule has 1 aromatic rings. The topological polar surface area (TPSA) is 67.8 Å². The van der Waals surface area contributed by atoms with Crippen LogP contribution in [0.3, 0.4) is 0 Å². The molecule has 6 heteroatoms. The molecular formula is C16H28N4O2. The van der Waals surface area contributed by atoms with Gasteiger partial charge in [0.1, 0.15) is 5.75 Å². The van der Waals surface area contributed by atoms with Crippen molar-refractivity contribution in [2.75, 3.05) is 33.9 Å². The fraction of sp³-hybridized carbons (Fsp3) is 0.625. The van der Waals surface area contributed by atoms with E-state index in [-0.39, 0.29) is 0 Å². The highest BCUT2D eigenvalue weighted by Crippen LogP contribution is 2.23. The van der Waals surface area contributed by atoms with Gasteiger partial charge in [-0.2, -0.15) is 0 Å². The first-order chi connectivity index (χ1) is 10.6. The molecule has 0 aromatic carbocycles. The Morgan fingerprint density at radius 3 is 2.73 bits per heavy atom. The van der Waals surface area contributed by atoms with Crippen LogP contribution in [0.25, 0.3) is 0 Å². The van der Waals surface area contributed by atoms with Crippen molar-refractivity contribution < 1.29 is 9.47 Å². The van der Waals surface area contributed by atoms with Gasteiger partial charge in [0, 0.05) is 44.1 Å². The summed E-state index contributed by atoms with van der Waals surface area (Å²) < 4.78 is 10.7. The van der Waals surface area contributed by atoms with E-state index in [1.54, 1.807) is 14.2 Å². The third-order valence-corrected chi connectivity index (χ3v) is 3.36. The molecule has 0 saturated carbocycles. The van der Waals surface area contributed by atoms with Crippen LogP contribution in [0.1, 0.15) is 30.2 Å². The number of methoxy groups -OCH3 is 1. The molecule has 1 aromatic heterocycles. The summed E-state index contributed by atoms with van der Waals surface area (Å²) >= 11 is 0. The molecule has 0 saturated heterocycles. The van der Waals surface area contributed by atoms with Crippen LogP contribution in [0.2, 0.25) is 0 Å². The lowest BCUT2D eigenvalue weighted by Crippen LogP contribution is -2.37. The zero-order chi connectivity index (χ0) is 16.4. The van der Waals surface area contributed by atoms with Crippen molar-refractivity contribution in [3.63, 3.8) is 0 Å². The Balaban J connectivity index is 2.50. The third-order valence-electron chi connectivity index (χ3n) is 3.36. The van der Waals surface area contributed by atoms with Crippen molar-refractivity contribution in [3.8, 4) is 5.75 Å². The van der Waals surface area contributed by atoms with Crippen LogP contribution in [-0.2, 0) is 11.3 Å². The van der Waals surface area contributed by atoms with Gasteiger partial charge in [0.05, 0.1) is 19.3 Å². The number of ether oxygens (including phenoxy) is 2. The van der Waals surface area contributed by atoms with Gasteiger partial charge in [-0.3, -0.25) is 9.98 Å². The molecular weight excluding hydrogens is 280 g/mol. The number of aryl methyl sites for hydroxylation is 1. The number of pyridine rings is 1. The minimum Gasteiger partial charge on any atom is -0.496 e. The minimum atomic E-state index is 0.605.